The third-order valence-corrected chi connectivity index (χ3v) is 6.41. The Morgan fingerprint density at radius 2 is 2.05 bits per heavy atom. The molecule has 1 fully saturated rings. The first-order valence-corrected chi connectivity index (χ1v) is 9.00. The summed E-state index contributed by atoms with van der Waals surface area (Å²) in [5.41, 5.74) is 3.63. The van der Waals surface area contributed by atoms with Gasteiger partial charge in [-0.1, -0.05) is 26.8 Å². The Kier molecular flexibility index (Phi) is 4.14. The monoisotopic (exact) mass is 289 g/mol. The van der Waals surface area contributed by atoms with Crippen LogP contribution in [0, 0.1) is 5.41 Å². The molecule has 0 radical (unpaired) electrons. The van der Waals surface area contributed by atoms with Gasteiger partial charge in [0.2, 0.25) is 0 Å². The zero-order chi connectivity index (χ0) is 14.2. The van der Waals surface area contributed by atoms with Crippen LogP contribution in [0.2, 0.25) is 0 Å². The van der Waals surface area contributed by atoms with E-state index in [9.17, 15) is 0 Å². The molecule has 3 rings (SSSR count). The van der Waals surface area contributed by atoms with Gasteiger partial charge >= 0.3 is 0 Å². The second kappa shape index (κ2) is 5.73. The van der Waals surface area contributed by atoms with E-state index in [4.69, 9.17) is 0 Å². The lowest BCUT2D eigenvalue weighted by Crippen LogP contribution is -2.43. The van der Waals surface area contributed by atoms with Crippen LogP contribution in [0.4, 0.5) is 0 Å². The van der Waals surface area contributed by atoms with Gasteiger partial charge in [0.15, 0.2) is 0 Å². The molecular weight excluding hydrogens is 262 g/mol. The minimum atomic E-state index is 0.435. The maximum atomic E-state index is 3.74. The van der Waals surface area contributed by atoms with E-state index in [1.807, 2.05) is 0 Å². The molecule has 1 nitrogen and oxygen atoms in total. The molecule has 0 bridgehead atoms. The van der Waals surface area contributed by atoms with Crippen molar-refractivity contribution in [1.82, 2.24) is 5.32 Å². The van der Waals surface area contributed by atoms with Crippen molar-refractivity contribution in [3.63, 3.8) is 0 Å². The highest BCUT2D eigenvalue weighted by atomic mass is 32.2. The van der Waals surface area contributed by atoms with Crippen molar-refractivity contribution in [2.45, 2.75) is 69.1 Å². The molecule has 110 valence electrons. The average molecular weight is 289 g/mol. The van der Waals surface area contributed by atoms with Gasteiger partial charge in [-0.25, -0.2) is 0 Å². The number of nitrogens with one attached hydrogen (secondary N) is 1. The number of rotatable bonds is 4. The summed E-state index contributed by atoms with van der Waals surface area (Å²) in [7, 11) is 0. The molecular formula is C18H27NS. The maximum absolute atomic E-state index is 3.74. The lowest BCUT2D eigenvalue weighted by Gasteiger charge is -2.31. The second-order valence-electron chi connectivity index (χ2n) is 7.00. The van der Waals surface area contributed by atoms with Crippen LogP contribution in [0.1, 0.15) is 51.2 Å². The summed E-state index contributed by atoms with van der Waals surface area (Å²) in [4.78, 5) is 1.48. The zero-order valence-electron chi connectivity index (χ0n) is 13.0. The highest BCUT2D eigenvalue weighted by molar-refractivity contribution is 8.00. The summed E-state index contributed by atoms with van der Waals surface area (Å²) in [5.74, 6) is 0. The standard InChI is InChI=1S/C18H27NS/c1-4-19-17-16(10-11-18(17,2)3)20-15-9-8-13-6-5-7-14(13)12-15/h8-9,12,16-17,19H,4-7,10-11H2,1-3H3. The molecule has 0 spiro atoms. The Morgan fingerprint density at radius 3 is 2.85 bits per heavy atom. The lowest BCUT2D eigenvalue weighted by molar-refractivity contribution is 0.290. The smallest absolute Gasteiger partial charge is 0.0253 e. The maximum Gasteiger partial charge on any atom is 0.0253 e. The quantitative estimate of drug-likeness (QED) is 0.880. The summed E-state index contributed by atoms with van der Waals surface area (Å²) < 4.78 is 0. The van der Waals surface area contributed by atoms with E-state index in [1.54, 1.807) is 11.1 Å². The van der Waals surface area contributed by atoms with Crippen molar-refractivity contribution in [2.75, 3.05) is 6.54 Å². The minimum Gasteiger partial charge on any atom is -0.313 e. The number of hydrogen-bond donors (Lipinski definition) is 1. The molecule has 2 atom stereocenters. The topological polar surface area (TPSA) is 12.0 Å². The summed E-state index contributed by atoms with van der Waals surface area (Å²) in [6.07, 6.45) is 6.60. The first-order valence-electron chi connectivity index (χ1n) is 8.12. The molecule has 0 aliphatic heterocycles. The lowest BCUT2D eigenvalue weighted by atomic mass is 9.87. The van der Waals surface area contributed by atoms with Gasteiger partial charge in [-0.15, -0.1) is 11.8 Å². The molecule has 0 heterocycles. The number of fused-ring (bicyclic) bond motifs is 1. The molecule has 0 aromatic heterocycles. The number of aryl methyl sites for hydroxylation is 2. The van der Waals surface area contributed by atoms with Crippen LogP contribution >= 0.6 is 11.8 Å². The first-order chi connectivity index (χ1) is 9.60. The molecule has 1 aromatic carbocycles. The minimum absolute atomic E-state index is 0.435. The largest absolute Gasteiger partial charge is 0.313 e. The van der Waals surface area contributed by atoms with Crippen molar-refractivity contribution in [3.05, 3.63) is 29.3 Å². The number of hydrogen-bond acceptors (Lipinski definition) is 2. The summed E-state index contributed by atoms with van der Waals surface area (Å²) in [6.45, 7) is 8.15. The van der Waals surface area contributed by atoms with Crippen LogP contribution in [0.25, 0.3) is 0 Å². The summed E-state index contributed by atoms with van der Waals surface area (Å²) >= 11 is 2.11. The molecule has 1 saturated carbocycles. The second-order valence-corrected chi connectivity index (χ2v) is 8.32. The highest BCUT2D eigenvalue weighted by Crippen LogP contribution is 2.45. The Labute approximate surface area is 127 Å². The molecule has 0 amide bonds. The van der Waals surface area contributed by atoms with Crippen LogP contribution in [0.5, 0.6) is 0 Å². The van der Waals surface area contributed by atoms with Crippen LogP contribution in [0.15, 0.2) is 23.1 Å². The van der Waals surface area contributed by atoms with Gasteiger partial charge in [-0.05, 0) is 67.3 Å². The van der Waals surface area contributed by atoms with Gasteiger partial charge in [-0.3, -0.25) is 0 Å². The SMILES string of the molecule is CCNC1C(Sc2ccc3c(c2)CCC3)CCC1(C)C. The molecule has 20 heavy (non-hydrogen) atoms. The Bertz CT molecular complexity index is 480. The van der Waals surface area contributed by atoms with E-state index in [0.29, 0.717) is 11.5 Å². The van der Waals surface area contributed by atoms with Crippen molar-refractivity contribution in [3.8, 4) is 0 Å². The molecule has 2 aliphatic carbocycles. The van der Waals surface area contributed by atoms with Gasteiger partial charge in [0.1, 0.15) is 0 Å². The third-order valence-electron chi connectivity index (χ3n) is 5.07. The van der Waals surface area contributed by atoms with Crippen LogP contribution in [-0.2, 0) is 12.8 Å². The van der Waals surface area contributed by atoms with Crippen LogP contribution in [0.3, 0.4) is 0 Å². The van der Waals surface area contributed by atoms with Crippen LogP contribution in [-0.4, -0.2) is 17.8 Å². The van der Waals surface area contributed by atoms with Crippen molar-refractivity contribution in [2.24, 2.45) is 5.41 Å². The van der Waals surface area contributed by atoms with E-state index >= 15 is 0 Å². The van der Waals surface area contributed by atoms with Crippen molar-refractivity contribution in [1.29, 1.82) is 0 Å². The fourth-order valence-electron chi connectivity index (χ4n) is 3.89. The molecule has 1 N–H and O–H groups in total. The Balaban J connectivity index is 1.74. The predicted molar refractivity (Wildman–Crippen MR) is 88.6 cm³/mol. The van der Waals surface area contributed by atoms with Crippen molar-refractivity contribution < 1.29 is 0 Å². The zero-order valence-corrected chi connectivity index (χ0v) is 13.9. The average Bonchev–Trinajstić information content (AvgIpc) is 2.97. The molecule has 1 aromatic rings. The first kappa shape index (κ1) is 14.5. The molecule has 2 aliphatic rings. The summed E-state index contributed by atoms with van der Waals surface area (Å²) in [5, 5.41) is 4.46. The van der Waals surface area contributed by atoms with E-state index in [-0.39, 0.29) is 0 Å². The fourth-order valence-corrected chi connectivity index (χ4v) is 5.43. The van der Waals surface area contributed by atoms with Gasteiger partial charge in [-0.2, -0.15) is 0 Å². The Morgan fingerprint density at radius 1 is 1.25 bits per heavy atom. The fraction of sp³-hybridized carbons (Fsp3) is 0.667. The Hall–Kier alpha value is -0.470. The molecule has 0 saturated heterocycles. The highest BCUT2D eigenvalue weighted by Gasteiger charge is 2.41. The van der Waals surface area contributed by atoms with E-state index in [1.165, 1.54) is 37.0 Å². The summed E-state index contributed by atoms with van der Waals surface area (Å²) in [6, 6.07) is 7.82. The van der Waals surface area contributed by atoms with Gasteiger partial charge in [0.05, 0.1) is 0 Å². The molecule has 2 unspecified atom stereocenters. The van der Waals surface area contributed by atoms with Crippen molar-refractivity contribution >= 4 is 11.8 Å². The normalized spacial score (nSPS) is 27.8. The van der Waals surface area contributed by atoms with Gasteiger partial charge in [0, 0.05) is 16.2 Å². The van der Waals surface area contributed by atoms with E-state index in [0.717, 1.165) is 11.8 Å². The number of benzene rings is 1. The van der Waals surface area contributed by atoms with Gasteiger partial charge in [0.25, 0.3) is 0 Å². The van der Waals surface area contributed by atoms with Crippen LogP contribution < -0.4 is 5.32 Å². The number of thioether (sulfide) groups is 1. The third kappa shape index (κ3) is 2.78. The molecule has 2 heteroatoms. The van der Waals surface area contributed by atoms with E-state index in [2.05, 4.69) is 56.0 Å². The predicted octanol–water partition coefficient (Wildman–Crippen LogP) is 4.43. The van der Waals surface area contributed by atoms with E-state index < -0.39 is 0 Å². The van der Waals surface area contributed by atoms with Gasteiger partial charge < -0.3 is 5.32 Å².